The Morgan fingerprint density at radius 2 is 2.00 bits per heavy atom. The van der Waals surface area contributed by atoms with E-state index in [4.69, 9.17) is 23.2 Å². The normalized spacial score (nSPS) is 11.4. The number of hydrogen-bond acceptors (Lipinski definition) is 6. The Kier molecular flexibility index (Phi) is 4.88. The van der Waals surface area contributed by atoms with Gasteiger partial charge in [0.05, 0.1) is 27.1 Å². The van der Waals surface area contributed by atoms with Crippen LogP contribution < -0.4 is 5.32 Å². The van der Waals surface area contributed by atoms with Crippen molar-refractivity contribution in [2.24, 2.45) is 0 Å². The number of aromatic amines is 1. The first kappa shape index (κ1) is 17.7. The molecule has 4 aromatic rings. The van der Waals surface area contributed by atoms with E-state index in [1.54, 1.807) is 28.9 Å². The Balaban J connectivity index is 1.52. The van der Waals surface area contributed by atoms with E-state index in [9.17, 15) is 0 Å². The molecule has 26 heavy (non-hydrogen) atoms. The maximum absolute atomic E-state index is 6.36. The molecule has 4 aromatic heterocycles. The second-order valence-corrected chi connectivity index (χ2v) is 9.03. The van der Waals surface area contributed by atoms with Crippen LogP contribution in [0, 0.1) is 13.8 Å². The first-order valence-corrected chi connectivity index (χ1v) is 10.3. The van der Waals surface area contributed by atoms with E-state index in [0.717, 1.165) is 37.3 Å². The summed E-state index contributed by atoms with van der Waals surface area (Å²) in [5.74, 6) is 0. The topological polar surface area (TPSA) is 66.5 Å². The van der Waals surface area contributed by atoms with Crippen LogP contribution in [0.2, 0.25) is 10.2 Å². The number of aromatic nitrogens is 4. The number of rotatable bonds is 5. The summed E-state index contributed by atoms with van der Waals surface area (Å²) in [6, 6.07) is 1.92. The highest BCUT2D eigenvalue weighted by molar-refractivity contribution is 7.16. The maximum Gasteiger partial charge on any atom is 0.184 e. The molecule has 0 aliphatic rings. The first-order chi connectivity index (χ1) is 12.5. The van der Waals surface area contributed by atoms with Gasteiger partial charge in [-0.05, 0) is 25.5 Å². The van der Waals surface area contributed by atoms with Crippen molar-refractivity contribution in [3.63, 3.8) is 0 Å². The molecule has 0 aliphatic carbocycles. The fourth-order valence-electron chi connectivity index (χ4n) is 2.76. The Morgan fingerprint density at radius 1 is 1.15 bits per heavy atom. The zero-order valence-electron chi connectivity index (χ0n) is 14.1. The Bertz CT molecular complexity index is 1080. The van der Waals surface area contributed by atoms with Gasteiger partial charge in [-0.1, -0.05) is 23.2 Å². The molecule has 9 heteroatoms. The first-order valence-electron chi connectivity index (χ1n) is 7.93. The van der Waals surface area contributed by atoms with Crippen LogP contribution in [0.15, 0.2) is 18.5 Å². The third kappa shape index (κ3) is 3.57. The molecule has 0 unspecified atom stereocenters. The highest BCUT2D eigenvalue weighted by Crippen LogP contribution is 2.32. The zero-order valence-corrected chi connectivity index (χ0v) is 17.2. The van der Waals surface area contributed by atoms with Gasteiger partial charge in [0, 0.05) is 29.1 Å². The Morgan fingerprint density at radius 3 is 2.77 bits per heavy atom. The number of pyridine rings is 1. The Labute approximate surface area is 168 Å². The van der Waals surface area contributed by atoms with Crippen LogP contribution in [-0.2, 0) is 13.0 Å². The van der Waals surface area contributed by atoms with E-state index in [-0.39, 0.29) is 0 Å². The molecule has 0 aromatic carbocycles. The minimum atomic E-state index is 0.527. The number of aryl methyl sites for hydroxylation is 2. The molecule has 0 radical (unpaired) electrons. The molecule has 0 spiro atoms. The highest BCUT2D eigenvalue weighted by Gasteiger charge is 2.14. The van der Waals surface area contributed by atoms with Crippen molar-refractivity contribution in [2.75, 3.05) is 5.32 Å². The Hall–Kier alpha value is -1.67. The number of hydrogen-bond donors (Lipinski definition) is 2. The smallest absolute Gasteiger partial charge is 0.184 e. The molecule has 0 fully saturated rings. The molecular weight excluding hydrogens is 409 g/mol. The molecule has 0 aliphatic heterocycles. The van der Waals surface area contributed by atoms with Crippen molar-refractivity contribution in [1.29, 1.82) is 0 Å². The zero-order chi connectivity index (χ0) is 18.3. The van der Waals surface area contributed by atoms with Gasteiger partial charge < -0.3 is 10.3 Å². The van der Waals surface area contributed by atoms with Gasteiger partial charge in [0.25, 0.3) is 0 Å². The molecule has 2 N–H and O–H groups in total. The number of fused-ring (bicyclic) bond motifs is 1. The van der Waals surface area contributed by atoms with Gasteiger partial charge in [-0.2, -0.15) is 0 Å². The van der Waals surface area contributed by atoms with Crippen molar-refractivity contribution >= 4 is 62.0 Å². The lowest BCUT2D eigenvalue weighted by molar-refractivity contribution is 1.10. The minimum Gasteiger partial charge on any atom is -0.357 e. The van der Waals surface area contributed by atoms with Gasteiger partial charge in [-0.15, -0.1) is 22.7 Å². The van der Waals surface area contributed by atoms with Crippen LogP contribution in [-0.4, -0.2) is 19.9 Å². The number of H-pyrrole nitrogens is 1. The van der Waals surface area contributed by atoms with Crippen LogP contribution >= 0.6 is 45.9 Å². The van der Waals surface area contributed by atoms with Crippen molar-refractivity contribution < 1.29 is 0 Å². The number of anilines is 1. The van der Waals surface area contributed by atoms with Gasteiger partial charge in [0.2, 0.25) is 0 Å². The number of thiazole rings is 2. The van der Waals surface area contributed by atoms with Crippen LogP contribution in [0.4, 0.5) is 5.13 Å². The summed E-state index contributed by atoms with van der Waals surface area (Å²) in [6.07, 6.45) is 4.26. The molecule has 0 saturated carbocycles. The van der Waals surface area contributed by atoms with E-state index >= 15 is 0 Å². The average molecular weight is 424 g/mol. The molecule has 0 bridgehead atoms. The van der Waals surface area contributed by atoms with E-state index in [2.05, 4.69) is 25.3 Å². The van der Waals surface area contributed by atoms with Gasteiger partial charge in [-0.3, -0.25) is 0 Å². The second-order valence-electron chi connectivity index (χ2n) is 5.87. The fraction of sp³-hybridized carbons (Fsp3) is 0.235. The number of nitrogens with one attached hydrogen (secondary N) is 2. The van der Waals surface area contributed by atoms with E-state index in [1.807, 2.05) is 26.1 Å². The maximum atomic E-state index is 6.36. The molecule has 134 valence electrons. The summed E-state index contributed by atoms with van der Waals surface area (Å²) >= 11 is 15.7. The van der Waals surface area contributed by atoms with Crippen molar-refractivity contribution in [3.05, 3.63) is 54.7 Å². The van der Waals surface area contributed by atoms with Crippen molar-refractivity contribution in [1.82, 2.24) is 19.9 Å². The lowest BCUT2D eigenvalue weighted by Gasteiger charge is -2.00. The summed E-state index contributed by atoms with van der Waals surface area (Å²) in [5.41, 5.74) is 2.98. The summed E-state index contributed by atoms with van der Waals surface area (Å²) in [7, 11) is 0. The predicted molar refractivity (Wildman–Crippen MR) is 110 cm³/mol. The molecule has 0 amide bonds. The molecule has 0 atom stereocenters. The standard InChI is InChI=1S/C17H15Cl2N5S2/c1-8-14(25-9(2)23-8)7-22-17-24-15(19)13(26-17)3-10-5-20-16-12(10)4-11(18)6-21-16/h4-6H,3,7H2,1-2H3,(H,20,21)(H,22,24). The SMILES string of the molecule is Cc1nc(C)c(CNc2nc(Cl)c(Cc3c[nH]c4ncc(Cl)cc34)s2)s1. The third-order valence-electron chi connectivity index (χ3n) is 3.98. The van der Waals surface area contributed by atoms with Crippen molar-refractivity contribution in [3.8, 4) is 0 Å². The van der Waals surface area contributed by atoms with Gasteiger partial charge in [0.1, 0.15) is 10.8 Å². The van der Waals surface area contributed by atoms with Crippen LogP contribution in [0.5, 0.6) is 0 Å². The van der Waals surface area contributed by atoms with Gasteiger partial charge in [-0.25, -0.2) is 15.0 Å². The molecule has 5 nitrogen and oxygen atoms in total. The monoisotopic (exact) mass is 423 g/mol. The van der Waals surface area contributed by atoms with Gasteiger partial charge >= 0.3 is 0 Å². The van der Waals surface area contributed by atoms with E-state index in [0.29, 0.717) is 23.1 Å². The van der Waals surface area contributed by atoms with Gasteiger partial charge in [0.15, 0.2) is 5.13 Å². The summed E-state index contributed by atoms with van der Waals surface area (Å²) in [4.78, 5) is 18.6. The lowest BCUT2D eigenvalue weighted by Crippen LogP contribution is -1.98. The van der Waals surface area contributed by atoms with E-state index < -0.39 is 0 Å². The predicted octanol–water partition coefficient (Wildman–Crippen LogP) is 5.60. The second kappa shape index (κ2) is 7.15. The number of nitrogens with zero attached hydrogens (tertiary/aromatic N) is 3. The highest BCUT2D eigenvalue weighted by atomic mass is 35.5. The quantitative estimate of drug-likeness (QED) is 0.438. The lowest BCUT2D eigenvalue weighted by atomic mass is 10.1. The average Bonchev–Trinajstić information content (AvgIpc) is 3.24. The minimum absolute atomic E-state index is 0.527. The molecule has 4 rings (SSSR count). The van der Waals surface area contributed by atoms with E-state index in [1.165, 1.54) is 4.88 Å². The summed E-state index contributed by atoms with van der Waals surface area (Å²) in [5, 5.41) is 7.39. The van der Waals surface area contributed by atoms with Crippen LogP contribution in [0.25, 0.3) is 11.0 Å². The summed E-state index contributed by atoms with van der Waals surface area (Å²) < 4.78 is 0. The van der Waals surface area contributed by atoms with Crippen LogP contribution in [0.3, 0.4) is 0 Å². The largest absolute Gasteiger partial charge is 0.357 e. The fourth-order valence-corrected chi connectivity index (χ4v) is 4.99. The van der Waals surface area contributed by atoms with Crippen LogP contribution in [0.1, 0.15) is 26.0 Å². The third-order valence-corrected chi connectivity index (χ3v) is 6.70. The molecule has 4 heterocycles. The number of halogens is 2. The van der Waals surface area contributed by atoms with Crippen molar-refractivity contribution in [2.45, 2.75) is 26.8 Å². The summed E-state index contributed by atoms with van der Waals surface area (Å²) in [6.45, 7) is 4.74. The molecule has 0 saturated heterocycles. The molecular formula is C17H15Cl2N5S2.